The first-order valence-corrected chi connectivity index (χ1v) is 14.6. The molecule has 1 atom stereocenters. The minimum Gasteiger partial charge on any atom is -0.381 e. The minimum absolute atomic E-state index is 0.102. The number of benzene rings is 5. The highest BCUT2D eigenvalue weighted by atomic mass is 15.0. The number of para-hydroxylation sites is 1. The maximum Gasteiger partial charge on any atom is 0.0940 e. The molecule has 0 saturated carbocycles. The molecule has 1 heterocycles. The van der Waals surface area contributed by atoms with E-state index in [4.69, 9.17) is 4.98 Å². The number of nitrogens with zero attached hydrogens (tertiary/aromatic N) is 1. The predicted octanol–water partition coefficient (Wildman–Crippen LogP) is 9.95. The van der Waals surface area contributed by atoms with Crippen LogP contribution < -0.4 is 10.6 Å². The molecule has 1 aromatic heterocycles. The third-order valence-corrected chi connectivity index (χ3v) is 8.05. The van der Waals surface area contributed by atoms with Gasteiger partial charge in [0.2, 0.25) is 0 Å². The Hall–Kier alpha value is -4.89. The lowest BCUT2D eigenvalue weighted by Gasteiger charge is -2.24. The van der Waals surface area contributed by atoms with Crippen molar-refractivity contribution in [3.05, 3.63) is 160 Å². The molecule has 0 radical (unpaired) electrons. The summed E-state index contributed by atoms with van der Waals surface area (Å²) in [4.78, 5) is 5.39. The Kier molecular flexibility index (Phi) is 7.74. The number of hydrogen-bond acceptors (Lipinski definition) is 3. The first-order valence-electron chi connectivity index (χ1n) is 14.6. The Bertz CT molecular complexity index is 1830. The number of nitrogens with one attached hydrogen (secondary N) is 2. The summed E-state index contributed by atoms with van der Waals surface area (Å²) in [6.45, 7) is 9.36. The van der Waals surface area contributed by atoms with Gasteiger partial charge >= 0.3 is 0 Å². The van der Waals surface area contributed by atoms with Crippen molar-refractivity contribution in [3.8, 4) is 11.3 Å². The lowest BCUT2D eigenvalue weighted by Crippen LogP contribution is -2.16. The van der Waals surface area contributed by atoms with Gasteiger partial charge in [-0.1, -0.05) is 109 Å². The SMILES string of the molecule is Cc1cc(C)c(NC(c2ccccc2)c2cccc(-c3c(CNc4ccccc4C)ccc4ccccc34)n2)c(C)c1. The van der Waals surface area contributed by atoms with Gasteiger partial charge in [0, 0.05) is 23.5 Å². The molecule has 0 saturated heterocycles. The molecule has 0 aliphatic rings. The monoisotopic (exact) mass is 547 g/mol. The maximum absolute atomic E-state index is 5.39. The zero-order valence-electron chi connectivity index (χ0n) is 24.8. The second-order valence-corrected chi connectivity index (χ2v) is 11.2. The molecule has 0 aliphatic carbocycles. The van der Waals surface area contributed by atoms with E-state index in [0.717, 1.165) is 22.8 Å². The van der Waals surface area contributed by atoms with Crippen molar-refractivity contribution in [1.82, 2.24) is 4.98 Å². The highest BCUT2D eigenvalue weighted by molar-refractivity contribution is 5.97. The number of pyridine rings is 1. The van der Waals surface area contributed by atoms with Gasteiger partial charge in [-0.2, -0.15) is 0 Å². The molecule has 0 spiro atoms. The van der Waals surface area contributed by atoms with E-state index in [2.05, 4.69) is 160 Å². The Morgan fingerprint density at radius 3 is 2.14 bits per heavy atom. The van der Waals surface area contributed by atoms with Crippen LogP contribution in [0.15, 0.2) is 121 Å². The Morgan fingerprint density at radius 2 is 1.36 bits per heavy atom. The van der Waals surface area contributed by atoms with Crippen LogP contribution in [-0.4, -0.2) is 4.98 Å². The molecule has 5 aromatic carbocycles. The largest absolute Gasteiger partial charge is 0.381 e. The van der Waals surface area contributed by atoms with Gasteiger partial charge in [-0.3, -0.25) is 4.98 Å². The number of rotatable bonds is 8. The van der Waals surface area contributed by atoms with Gasteiger partial charge in [-0.15, -0.1) is 0 Å². The van der Waals surface area contributed by atoms with Crippen LogP contribution in [-0.2, 0) is 6.54 Å². The molecule has 6 rings (SSSR count). The molecule has 1 unspecified atom stereocenters. The lowest BCUT2D eigenvalue weighted by molar-refractivity contribution is 0.884. The van der Waals surface area contributed by atoms with E-state index in [9.17, 15) is 0 Å². The van der Waals surface area contributed by atoms with Crippen LogP contribution in [0.25, 0.3) is 22.0 Å². The maximum atomic E-state index is 5.39. The molecule has 0 aliphatic heterocycles. The summed E-state index contributed by atoms with van der Waals surface area (Å²) in [5.74, 6) is 0. The Labute approximate surface area is 249 Å². The number of anilines is 2. The van der Waals surface area contributed by atoms with Gasteiger partial charge in [-0.25, -0.2) is 0 Å². The summed E-state index contributed by atoms with van der Waals surface area (Å²) in [5.41, 5.74) is 12.8. The molecule has 0 fully saturated rings. The molecule has 3 nitrogen and oxygen atoms in total. The summed E-state index contributed by atoms with van der Waals surface area (Å²) in [6.07, 6.45) is 0. The van der Waals surface area contributed by atoms with E-state index >= 15 is 0 Å². The number of aromatic nitrogens is 1. The fourth-order valence-corrected chi connectivity index (χ4v) is 6.01. The smallest absolute Gasteiger partial charge is 0.0940 e. The minimum atomic E-state index is -0.102. The summed E-state index contributed by atoms with van der Waals surface area (Å²) in [5, 5.41) is 9.98. The van der Waals surface area contributed by atoms with Crippen LogP contribution in [0, 0.1) is 27.7 Å². The number of fused-ring (bicyclic) bond motifs is 1. The van der Waals surface area contributed by atoms with Crippen molar-refractivity contribution >= 4 is 22.1 Å². The second kappa shape index (κ2) is 11.9. The average molecular weight is 548 g/mol. The van der Waals surface area contributed by atoms with Crippen molar-refractivity contribution < 1.29 is 0 Å². The van der Waals surface area contributed by atoms with E-state index in [1.165, 1.54) is 49.7 Å². The van der Waals surface area contributed by atoms with Gasteiger partial charge in [0.1, 0.15) is 0 Å². The van der Waals surface area contributed by atoms with Gasteiger partial charge in [0.25, 0.3) is 0 Å². The van der Waals surface area contributed by atoms with Gasteiger partial charge < -0.3 is 10.6 Å². The van der Waals surface area contributed by atoms with Gasteiger partial charge in [-0.05, 0) is 84.5 Å². The summed E-state index contributed by atoms with van der Waals surface area (Å²) in [6, 6.07) is 42.9. The van der Waals surface area contributed by atoms with Crippen molar-refractivity contribution in [2.24, 2.45) is 0 Å². The van der Waals surface area contributed by atoms with Crippen LogP contribution >= 0.6 is 0 Å². The van der Waals surface area contributed by atoms with Crippen LogP contribution in [0.4, 0.5) is 11.4 Å². The van der Waals surface area contributed by atoms with E-state index < -0.39 is 0 Å². The van der Waals surface area contributed by atoms with Gasteiger partial charge in [0.15, 0.2) is 0 Å². The predicted molar refractivity (Wildman–Crippen MR) is 178 cm³/mol. The van der Waals surface area contributed by atoms with E-state index in [1.807, 2.05) is 0 Å². The van der Waals surface area contributed by atoms with Crippen molar-refractivity contribution in [2.45, 2.75) is 40.3 Å². The molecule has 0 amide bonds. The Morgan fingerprint density at radius 1 is 0.643 bits per heavy atom. The summed E-state index contributed by atoms with van der Waals surface area (Å²) < 4.78 is 0. The van der Waals surface area contributed by atoms with Crippen molar-refractivity contribution in [1.29, 1.82) is 0 Å². The van der Waals surface area contributed by atoms with Crippen LogP contribution in [0.2, 0.25) is 0 Å². The number of aryl methyl sites for hydroxylation is 4. The highest BCUT2D eigenvalue weighted by Crippen LogP contribution is 2.35. The third kappa shape index (κ3) is 5.64. The van der Waals surface area contributed by atoms with E-state index in [0.29, 0.717) is 6.54 Å². The first-order chi connectivity index (χ1) is 20.5. The topological polar surface area (TPSA) is 37.0 Å². The fraction of sp³-hybridized carbons (Fsp3) is 0.154. The Balaban J connectivity index is 1.46. The zero-order chi connectivity index (χ0) is 29.1. The molecule has 6 aromatic rings. The molecule has 208 valence electrons. The van der Waals surface area contributed by atoms with Crippen molar-refractivity contribution in [3.63, 3.8) is 0 Å². The molecular formula is C39H37N3. The highest BCUT2D eigenvalue weighted by Gasteiger charge is 2.20. The summed E-state index contributed by atoms with van der Waals surface area (Å²) >= 11 is 0. The quantitative estimate of drug-likeness (QED) is 0.199. The molecule has 42 heavy (non-hydrogen) atoms. The van der Waals surface area contributed by atoms with E-state index in [1.54, 1.807) is 0 Å². The summed E-state index contributed by atoms with van der Waals surface area (Å²) in [7, 11) is 0. The number of hydrogen-bond donors (Lipinski definition) is 2. The molecule has 0 bridgehead atoms. The fourth-order valence-electron chi connectivity index (χ4n) is 6.01. The standard InChI is InChI=1S/C39H37N3/c1-26-23-28(3)38(29(4)24-26)42-39(31-15-6-5-7-16-31)36-20-12-19-35(41-36)37-32(22-21-30-14-9-10-17-33(30)37)25-40-34-18-11-8-13-27(34)2/h5-24,39-40,42H,25H2,1-4H3. The second-order valence-electron chi connectivity index (χ2n) is 11.2. The van der Waals surface area contributed by atoms with Crippen LogP contribution in [0.1, 0.15) is 45.1 Å². The normalized spacial score (nSPS) is 11.8. The first kappa shape index (κ1) is 27.3. The average Bonchev–Trinajstić information content (AvgIpc) is 3.00. The molecule has 3 heteroatoms. The molecular weight excluding hydrogens is 510 g/mol. The van der Waals surface area contributed by atoms with Crippen LogP contribution in [0.3, 0.4) is 0 Å². The van der Waals surface area contributed by atoms with Crippen LogP contribution in [0.5, 0.6) is 0 Å². The third-order valence-electron chi connectivity index (χ3n) is 8.05. The van der Waals surface area contributed by atoms with Gasteiger partial charge in [0.05, 0.1) is 17.4 Å². The lowest BCUT2D eigenvalue weighted by atomic mass is 9.95. The van der Waals surface area contributed by atoms with Crippen molar-refractivity contribution in [2.75, 3.05) is 10.6 Å². The van der Waals surface area contributed by atoms with E-state index in [-0.39, 0.29) is 6.04 Å². The molecule has 2 N–H and O–H groups in total. The zero-order valence-corrected chi connectivity index (χ0v) is 24.8.